The fourth-order valence-electron chi connectivity index (χ4n) is 0.809. The maximum atomic E-state index is 12.7. The molecule has 0 N–H and O–H groups in total. The van der Waals surface area contributed by atoms with Crippen molar-refractivity contribution in [3.8, 4) is 5.75 Å². The summed E-state index contributed by atoms with van der Waals surface area (Å²) in [5.41, 5.74) is 0.560. The zero-order valence-electron chi connectivity index (χ0n) is 6.02. The Kier molecular flexibility index (Phi) is 1.95. The molecule has 0 unspecified atom stereocenters. The summed E-state index contributed by atoms with van der Waals surface area (Å²) in [5.74, 6) is 0.374. The van der Waals surface area contributed by atoms with E-state index in [4.69, 9.17) is 4.74 Å². The van der Waals surface area contributed by atoms with Crippen LogP contribution in [0.4, 0.5) is 4.39 Å². The van der Waals surface area contributed by atoms with Crippen molar-refractivity contribution in [2.24, 2.45) is 0 Å². The highest BCUT2D eigenvalue weighted by Gasteiger charge is 2.00. The van der Waals surface area contributed by atoms with Crippen molar-refractivity contribution in [2.75, 3.05) is 7.11 Å². The van der Waals surface area contributed by atoms with Gasteiger partial charge in [0.05, 0.1) is 7.11 Å². The molecule has 0 aliphatic rings. The largest absolute Gasteiger partial charge is 0.497 e. The fourth-order valence-corrected chi connectivity index (χ4v) is 0.809. The Balaban J connectivity index is 3.14. The van der Waals surface area contributed by atoms with Crippen LogP contribution in [0, 0.1) is 5.82 Å². The van der Waals surface area contributed by atoms with E-state index in [1.807, 2.05) is 0 Å². The van der Waals surface area contributed by atoms with Gasteiger partial charge in [-0.15, -0.1) is 0 Å². The van der Waals surface area contributed by atoms with Crippen LogP contribution in [0.5, 0.6) is 5.75 Å². The third kappa shape index (κ3) is 1.13. The molecule has 0 atom stereocenters. The van der Waals surface area contributed by atoms with Crippen LogP contribution in [0.2, 0.25) is 0 Å². The van der Waals surface area contributed by atoms with Crippen molar-refractivity contribution in [1.82, 2.24) is 0 Å². The molecule has 0 fully saturated rings. The normalized spacial score (nSPS) is 9.40. The Morgan fingerprint density at radius 3 is 2.70 bits per heavy atom. The summed E-state index contributed by atoms with van der Waals surface area (Å²) in [6.07, 6.45) is 0. The topological polar surface area (TPSA) is 9.23 Å². The molecule has 0 saturated carbocycles. The predicted molar refractivity (Wildman–Crippen MR) is 41.1 cm³/mol. The van der Waals surface area contributed by atoms with Crippen molar-refractivity contribution < 1.29 is 9.13 Å². The highest BCUT2D eigenvalue weighted by Crippen LogP contribution is 2.06. The second-order valence-electron chi connectivity index (χ2n) is 2.07. The lowest BCUT2D eigenvalue weighted by Crippen LogP contribution is -2.11. The van der Waals surface area contributed by atoms with Gasteiger partial charge in [0.2, 0.25) is 0 Å². The zero-order chi connectivity index (χ0) is 7.56. The van der Waals surface area contributed by atoms with Gasteiger partial charge < -0.3 is 4.74 Å². The lowest BCUT2D eigenvalue weighted by molar-refractivity contribution is 0.415. The van der Waals surface area contributed by atoms with Crippen LogP contribution >= 0.6 is 0 Å². The fraction of sp³-hybridized carbons (Fsp3) is 0.143. The lowest BCUT2D eigenvalue weighted by atomic mass is 9.94. The van der Waals surface area contributed by atoms with Crippen LogP contribution in [-0.4, -0.2) is 15.0 Å². The van der Waals surface area contributed by atoms with Gasteiger partial charge in [-0.05, 0) is 17.6 Å². The first kappa shape index (κ1) is 7.13. The summed E-state index contributed by atoms with van der Waals surface area (Å²) in [5, 5.41) is 0. The minimum atomic E-state index is -0.223. The Bertz CT molecular complexity index is 237. The summed E-state index contributed by atoms with van der Waals surface area (Å²) >= 11 is 0. The summed E-state index contributed by atoms with van der Waals surface area (Å²) in [4.78, 5) is 0. The minimum Gasteiger partial charge on any atom is -0.497 e. The van der Waals surface area contributed by atoms with Gasteiger partial charge in [0, 0.05) is 0 Å². The maximum absolute atomic E-state index is 12.7. The average Bonchev–Trinajstić information content (AvgIpc) is 1.95. The van der Waals surface area contributed by atoms with Crippen LogP contribution in [0.15, 0.2) is 18.2 Å². The van der Waals surface area contributed by atoms with Crippen molar-refractivity contribution >= 4 is 13.3 Å². The SMILES string of the molecule is Bc1c(F)cccc1OC. The first-order valence-corrected chi connectivity index (χ1v) is 3.05. The van der Waals surface area contributed by atoms with Gasteiger partial charge in [-0.2, -0.15) is 0 Å². The third-order valence-corrected chi connectivity index (χ3v) is 1.44. The molecule has 0 bridgehead atoms. The van der Waals surface area contributed by atoms with Crippen molar-refractivity contribution in [3.63, 3.8) is 0 Å². The Morgan fingerprint density at radius 2 is 2.20 bits per heavy atom. The van der Waals surface area contributed by atoms with Crippen LogP contribution in [-0.2, 0) is 0 Å². The van der Waals surface area contributed by atoms with E-state index < -0.39 is 0 Å². The Labute approximate surface area is 60.2 Å². The van der Waals surface area contributed by atoms with Crippen molar-refractivity contribution in [1.29, 1.82) is 0 Å². The van der Waals surface area contributed by atoms with Crippen molar-refractivity contribution in [3.05, 3.63) is 24.0 Å². The van der Waals surface area contributed by atoms with E-state index in [1.165, 1.54) is 13.2 Å². The van der Waals surface area contributed by atoms with Gasteiger partial charge in [0.15, 0.2) is 0 Å². The van der Waals surface area contributed by atoms with Crippen LogP contribution in [0.3, 0.4) is 0 Å². The number of rotatable bonds is 1. The number of methoxy groups -OCH3 is 1. The first-order chi connectivity index (χ1) is 4.75. The number of ether oxygens (including phenoxy) is 1. The van der Waals surface area contributed by atoms with Crippen LogP contribution in [0.1, 0.15) is 0 Å². The summed E-state index contributed by atoms with van der Waals surface area (Å²) in [7, 11) is 3.22. The van der Waals surface area contributed by atoms with E-state index in [1.54, 1.807) is 20.0 Å². The standard InChI is InChI=1S/C7H8BFO/c1-10-6-4-2-3-5(9)7(6)8/h2-4H,8H2,1H3. The Hall–Kier alpha value is -0.985. The minimum absolute atomic E-state index is 0.223. The molecule has 3 heteroatoms. The van der Waals surface area contributed by atoms with E-state index in [0.717, 1.165) is 0 Å². The molecule has 0 aromatic heterocycles. The third-order valence-electron chi connectivity index (χ3n) is 1.44. The molecule has 52 valence electrons. The maximum Gasteiger partial charge on any atom is 0.148 e. The first-order valence-electron chi connectivity index (χ1n) is 3.05. The second-order valence-corrected chi connectivity index (χ2v) is 2.07. The van der Waals surface area contributed by atoms with Crippen LogP contribution in [0.25, 0.3) is 0 Å². The van der Waals surface area contributed by atoms with Crippen LogP contribution < -0.4 is 10.2 Å². The molecular formula is C7H8BFO. The number of halogens is 1. The monoisotopic (exact) mass is 138 g/mol. The smallest absolute Gasteiger partial charge is 0.148 e. The van der Waals surface area contributed by atoms with E-state index in [9.17, 15) is 4.39 Å². The van der Waals surface area contributed by atoms with E-state index in [-0.39, 0.29) is 5.82 Å². The molecule has 0 amide bonds. The van der Waals surface area contributed by atoms with E-state index >= 15 is 0 Å². The molecule has 0 spiro atoms. The number of hydrogen-bond acceptors (Lipinski definition) is 1. The molecule has 10 heavy (non-hydrogen) atoms. The van der Waals surface area contributed by atoms with Gasteiger partial charge in [-0.25, -0.2) is 4.39 Å². The summed E-state index contributed by atoms with van der Waals surface area (Å²) in [6.45, 7) is 0. The lowest BCUT2D eigenvalue weighted by Gasteiger charge is -2.03. The van der Waals surface area contributed by atoms with E-state index in [2.05, 4.69) is 0 Å². The molecule has 0 heterocycles. The number of benzene rings is 1. The summed E-state index contributed by atoms with van der Waals surface area (Å²) < 4.78 is 17.6. The van der Waals surface area contributed by atoms with E-state index in [0.29, 0.717) is 11.2 Å². The molecule has 0 saturated heterocycles. The molecule has 1 aromatic rings. The van der Waals surface area contributed by atoms with Gasteiger partial charge >= 0.3 is 0 Å². The zero-order valence-corrected chi connectivity index (χ0v) is 6.02. The Morgan fingerprint density at radius 1 is 1.50 bits per heavy atom. The van der Waals surface area contributed by atoms with Gasteiger partial charge in [0.25, 0.3) is 0 Å². The highest BCUT2D eigenvalue weighted by molar-refractivity contribution is 6.34. The summed E-state index contributed by atoms with van der Waals surface area (Å²) in [6, 6.07) is 4.78. The van der Waals surface area contributed by atoms with Gasteiger partial charge in [-0.3, -0.25) is 0 Å². The quantitative estimate of drug-likeness (QED) is 0.499. The molecule has 0 aliphatic carbocycles. The molecule has 0 radical (unpaired) electrons. The average molecular weight is 138 g/mol. The second kappa shape index (κ2) is 2.73. The predicted octanol–water partition coefficient (Wildman–Crippen LogP) is 0.0927. The molecule has 1 aromatic carbocycles. The molecular weight excluding hydrogens is 130 g/mol. The van der Waals surface area contributed by atoms with Gasteiger partial charge in [0.1, 0.15) is 19.4 Å². The van der Waals surface area contributed by atoms with Gasteiger partial charge in [-0.1, -0.05) is 6.07 Å². The molecule has 1 rings (SSSR count). The highest BCUT2D eigenvalue weighted by atomic mass is 19.1. The molecule has 1 nitrogen and oxygen atoms in total. The molecule has 0 aliphatic heterocycles. The number of hydrogen-bond donors (Lipinski definition) is 0. The van der Waals surface area contributed by atoms with Crippen molar-refractivity contribution in [2.45, 2.75) is 0 Å².